The van der Waals surface area contributed by atoms with Crippen LogP contribution in [-0.4, -0.2) is 24.3 Å². The van der Waals surface area contributed by atoms with Gasteiger partial charge in [-0.05, 0) is 68.1 Å². The van der Waals surface area contributed by atoms with E-state index in [-0.39, 0.29) is 25.4 Å². The molecule has 0 unspecified atom stereocenters. The van der Waals surface area contributed by atoms with E-state index in [1.54, 1.807) is 6.07 Å². The maximum Gasteiger partial charge on any atom is 0.276 e. The Hall–Kier alpha value is -3.35. The number of hydrazine groups is 1. The molecule has 2 aromatic rings. The van der Waals surface area contributed by atoms with Gasteiger partial charge in [0.2, 0.25) is 11.8 Å². The molecule has 2 aromatic carbocycles. The molecule has 0 saturated carbocycles. The average molecular weight is 397 g/mol. The average Bonchev–Trinajstić information content (AvgIpc) is 2.68. The molecule has 7 nitrogen and oxygen atoms in total. The van der Waals surface area contributed by atoms with Crippen molar-refractivity contribution in [1.29, 1.82) is 0 Å². The lowest BCUT2D eigenvalue weighted by Gasteiger charge is -2.11. The number of carbonyl (C=O) groups excluding carboxylic acids is 3. The largest absolute Gasteiger partial charge is 0.484 e. The van der Waals surface area contributed by atoms with Gasteiger partial charge in [-0.1, -0.05) is 18.2 Å². The van der Waals surface area contributed by atoms with Gasteiger partial charge in [0.25, 0.3) is 5.91 Å². The van der Waals surface area contributed by atoms with Crippen LogP contribution in [0.1, 0.15) is 35.1 Å². The number of amides is 3. The predicted molar refractivity (Wildman–Crippen MR) is 111 cm³/mol. The second-order valence-electron chi connectivity index (χ2n) is 7.00. The third-order valence-corrected chi connectivity index (χ3v) is 4.44. The topological polar surface area (TPSA) is 96.5 Å². The van der Waals surface area contributed by atoms with Crippen molar-refractivity contribution in [2.75, 3.05) is 11.9 Å². The molecule has 0 bridgehead atoms. The maximum absolute atomic E-state index is 12.0. The molecule has 0 spiro atoms. The molecule has 3 amide bonds. The van der Waals surface area contributed by atoms with E-state index in [1.807, 2.05) is 58.0 Å². The van der Waals surface area contributed by atoms with Gasteiger partial charge in [-0.2, -0.15) is 0 Å². The number of carbonyl (C=O) groups is 3. The van der Waals surface area contributed by atoms with Gasteiger partial charge in [-0.3, -0.25) is 25.2 Å². The fourth-order valence-electron chi connectivity index (χ4n) is 2.50. The molecule has 0 aliphatic heterocycles. The number of hydrogen-bond donors (Lipinski definition) is 3. The van der Waals surface area contributed by atoms with Crippen LogP contribution in [0.3, 0.4) is 0 Å². The molecule has 0 aromatic heterocycles. The van der Waals surface area contributed by atoms with Crippen LogP contribution in [-0.2, 0) is 14.4 Å². The Balaban J connectivity index is 1.68. The summed E-state index contributed by atoms with van der Waals surface area (Å²) in [6.45, 7) is 7.56. The Morgan fingerprint density at radius 3 is 2.14 bits per heavy atom. The molecule has 0 heterocycles. The van der Waals surface area contributed by atoms with E-state index in [0.717, 1.165) is 27.9 Å². The van der Waals surface area contributed by atoms with E-state index in [9.17, 15) is 14.4 Å². The second kappa shape index (κ2) is 10.3. The molecule has 2 rings (SSSR count). The van der Waals surface area contributed by atoms with Crippen molar-refractivity contribution in [3.63, 3.8) is 0 Å². The lowest BCUT2D eigenvalue weighted by atomic mass is 10.1. The van der Waals surface area contributed by atoms with Gasteiger partial charge in [0, 0.05) is 18.5 Å². The summed E-state index contributed by atoms with van der Waals surface area (Å²) in [5, 5.41) is 2.79. The van der Waals surface area contributed by atoms with Gasteiger partial charge in [0.1, 0.15) is 5.75 Å². The maximum atomic E-state index is 12.0. The predicted octanol–water partition coefficient (Wildman–Crippen LogP) is 2.87. The molecular formula is C22H27N3O4. The zero-order valence-electron chi connectivity index (χ0n) is 17.2. The van der Waals surface area contributed by atoms with Gasteiger partial charge < -0.3 is 10.1 Å². The molecule has 0 saturated heterocycles. The summed E-state index contributed by atoms with van der Waals surface area (Å²) >= 11 is 0. The molecule has 0 radical (unpaired) electrons. The van der Waals surface area contributed by atoms with Crippen molar-refractivity contribution in [3.8, 4) is 5.75 Å². The van der Waals surface area contributed by atoms with Crippen LogP contribution < -0.4 is 20.9 Å². The van der Waals surface area contributed by atoms with Crippen LogP contribution in [0.4, 0.5) is 5.69 Å². The zero-order chi connectivity index (χ0) is 21.4. The monoisotopic (exact) mass is 397 g/mol. The van der Waals surface area contributed by atoms with Crippen molar-refractivity contribution < 1.29 is 19.1 Å². The van der Waals surface area contributed by atoms with Crippen molar-refractivity contribution in [1.82, 2.24) is 10.9 Å². The molecule has 0 atom stereocenters. The number of nitrogens with one attached hydrogen (secondary N) is 3. The summed E-state index contributed by atoms with van der Waals surface area (Å²) < 4.78 is 5.39. The SMILES string of the molecule is Cc1ccc(C)c(NC(=O)CCC(=O)NNC(=O)COc2ccc(C)c(C)c2)c1. The summed E-state index contributed by atoms with van der Waals surface area (Å²) in [5.41, 5.74) is 9.47. The first-order valence-electron chi connectivity index (χ1n) is 9.39. The minimum Gasteiger partial charge on any atom is -0.484 e. The fourth-order valence-corrected chi connectivity index (χ4v) is 2.50. The highest BCUT2D eigenvalue weighted by Crippen LogP contribution is 2.17. The highest BCUT2D eigenvalue weighted by molar-refractivity contribution is 5.94. The standard InChI is InChI=1S/C22H27N3O4/c1-14-5-6-16(3)19(11-14)23-20(26)9-10-21(27)24-25-22(28)13-29-18-8-7-15(2)17(4)12-18/h5-8,11-12H,9-10,13H2,1-4H3,(H,23,26)(H,24,27)(H,25,28). The van der Waals surface area contributed by atoms with E-state index in [2.05, 4.69) is 16.2 Å². The summed E-state index contributed by atoms with van der Waals surface area (Å²) in [5.74, 6) is -0.631. The molecule has 29 heavy (non-hydrogen) atoms. The summed E-state index contributed by atoms with van der Waals surface area (Å²) in [6, 6.07) is 11.3. The van der Waals surface area contributed by atoms with Crippen LogP contribution in [0.2, 0.25) is 0 Å². The molecule has 0 aliphatic rings. The fraction of sp³-hybridized carbons (Fsp3) is 0.318. The Bertz CT molecular complexity index is 909. The van der Waals surface area contributed by atoms with Crippen molar-refractivity contribution >= 4 is 23.4 Å². The first kappa shape index (κ1) is 21.9. The molecule has 3 N–H and O–H groups in total. The number of ether oxygens (including phenoxy) is 1. The highest BCUT2D eigenvalue weighted by Gasteiger charge is 2.10. The second-order valence-corrected chi connectivity index (χ2v) is 7.00. The van der Waals surface area contributed by atoms with E-state index in [0.29, 0.717) is 5.75 Å². The zero-order valence-corrected chi connectivity index (χ0v) is 17.2. The summed E-state index contributed by atoms with van der Waals surface area (Å²) in [6.07, 6.45) is -0.0385. The van der Waals surface area contributed by atoms with E-state index >= 15 is 0 Å². The third kappa shape index (κ3) is 7.29. The van der Waals surface area contributed by atoms with E-state index in [4.69, 9.17) is 4.74 Å². The summed E-state index contributed by atoms with van der Waals surface area (Å²) in [7, 11) is 0. The van der Waals surface area contributed by atoms with Crippen LogP contribution >= 0.6 is 0 Å². The number of hydrogen-bond acceptors (Lipinski definition) is 4. The van der Waals surface area contributed by atoms with E-state index < -0.39 is 11.8 Å². The van der Waals surface area contributed by atoms with Gasteiger partial charge in [-0.15, -0.1) is 0 Å². The molecule has 154 valence electrons. The van der Waals surface area contributed by atoms with Gasteiger partial charge >= 0.3 is 0 Å². The normalized spacial score (nSPS) is 10.2. The first-order chi connectivity index (χ1) is 13.7. The Morgan fingerprint density at radius 2 is 1.41 bits per heavy atom. The molecule has 0 fully saturated rings. The quantitative estimate of drug-likeness (QED) is 0.626. The molecule has 7 heteroatoms. The smallest absolute Gasteiger partial charge is 0.276 e. The van der Waals surface area contributed by atoms with Crippen molar-refractivity contribution in [2.45, 2.75) is 40.5 Å². The minimum absolute atomic E-state index is 0.00816. The van der Waals surface area contributed by atoms with Crippen LogP contribution in [0.5, 0.6) is 5.75 Å². The number of benzene rings is 2. The van der Waals surface area contributed by atoms with Gasteiger partial charge in [0.15, 0.2) is 6.61 Å². The van der Waals surface area contributed by atoms with Crippen molar-refractivity contribution in [3.05, 3.63) is 58.7 Å². The van der Waals surface area contributed by atoms with Gasteiger partial charge in [-0.25, -0.2) is 0 Å². The Labute approximate surface area is 170 Å². The minimum atomic E-state index is -0.489. The summed E-state index contributed by atoms with van der Waals surface area (Å²) in [4.78, 5) is 35.7. The molecule has 0 aliphatic carbocycles. The molecular weight excluding hydrogens is 370 g/mol. The van der Waals surface area contributed by atoms with Gasteiger partial charge in [0.05, 0.1) is 0 Å². The van der Waals surface area contributed by atoms with Crippen LogP contribution in [0, 0.1) is 27.7 Å². The van der Waals surface area contributed by atoms with Crippen LogP contribution in [0.15, 0.2) is 36.4 Å². The Morgan fingerprint density at radius 1 is 0.759 bits per heavy atom. The number of aryl methyl sites for hydroxylation is 4. The lowest BCUT2D eigenvalue weighted by molar-refractivity contribution is -0.130. The third-order valence-electron chi connectivity index (χ3n) is 4.44. The van der Waals surface area contributed by atoms with E-state index in [1.165, 1.54) is 0 Å². The number of anilines is 1. The van der Waals surface area contributed by atoms with Crippen LogP contribution in [0.25, 0.3) is 0 Å². The highest BCUT2D eigenvalue weighted by atomic mass is 16.5. The number of rotatable bonds is 7. The Kier molecular flexibility index (Phi) is 7.77. The lowest BCUT2D eigenvalue weighted by Crippen LogP contribution is -2.44. The first-order valence-corrected chi connectivity index (χ1v) is 9.39. The van der Waals surface area contributed by atoms with Crippen molar-refractivity contribution in [2.24, 2.45) is 0 Å².